The Morgan fingerprint density at radius 2 is 1.88 bits per heavy atom. The summed E-state index contributed by atoms with van der Waals surface area (Å²) in [4.78, 5) is 0. The van der Waals surface area contributed by atoms with Crippen LogP contribution in [-0.4, -0.2) is 27.9 Å². The predicted octanol–water partition coefficient (Wildman–Crippen LogP) is 3.39. The Labute approximate surface area is 143 Å². The first-order chi connectivity index (χ1) is 11.9. The first-order valence-corrected chi connectivity index (χ1v) is 8.83. The third-order valence-electron chi connectivity index (χ3n) is 4.22. The third-order valence-corrected chi connectivity index (χ3v) is 4.46. The molecule has 0 fully saturated rings. The van der Waals surface area contributed by atoms with E-state index in [1.54, 1.807) is 0 Å². The number of benzene rings is 2. The molecule has 1 aliphatic rings. The van der Waals surface area contributed by atoms with E-state index in [2.05, 4.69) is 61.3 Å². The van der Waals surface area contributed by atoms with Crippen molar-refractivity contribution in [3.63, 3.8) is 0 Å². The van der Waals surface area contributed by atoms with Crippen molar-refractivity contribution in [1.82, 2.24) is 15.0 Å². The normalized spacial score (nSPS) is 12.4. The Hall–Kier alpha value is -2.23. The van der Waals surface area contributed by atoms with Gasteiger partial charge in [-0.15, -0.1) is 14.3 Å². The van der Waals surface area contributed by atoms with Crippen LogP contribution >= 0.6 is 9.24 Å². The Morgan fingerprint density at radius 3 is 2.75 bits per heavy atom. The van der Waals surface area contributed by atoms with Crippen LogP contribution in [0.15, 0.2) is 48.5 Å². The zero-order chi connectivity index (χ0) is 16.4. The first-order valence-electron chi connectivity index (χ1n) is 8.01. The summed E-state index contributed by atoms with van der Waals surface area (Å²) < 4.78 is 7.43. The molecule has 24 heavy (non-hydrogen) atoms. The van der Waals surface area contributed by atoms with Crippen LogP contribution in [0.5, 0.6) is 0 Å². The van der Waals surface area contributed by atoms with Gasteiger partial charge in [0.25, 0.3) is 0 Å². The minimum Gasteiger partial charge on any atom is -0.380 e. The molecule has 1 N–H and O–H groups in total. The summed E-state index contributed by atoms with van der Waals surface area (Å²) in [5.74, 6) is 0. The predicted molar refractivity (Wildman–Crippen MR) is 98.7 cm³/mol. The molecule has 1 aliphatic heterocycles. The number of hydrogen-bond donors (Lipinski definition) is 1. The maximum absolute atomic E-state index is 5.47. The van der Waals surface area contributed by atoms with Crippen molar-refractivity contribution in [2.45, 2.75) is 13.1 Å². The van der Waals surface area contributed by atoms with E-state index in [1.165, 1.54) is 11.1 Å². The molecular formula is C18H19N4OP. The van der Waals surface area contributed by atoms with Crippen LogP contribution in [0.3, 0.4) is 0 Å². The van der Waals surface area contributed by atoms with E-state index in [0.29, 0.717) is 19.5 Å². The summed E-state index contributed by atoms with van der Waals surface area (Å²) >= 11 is 0. The number of fused-ring (bicyclic) bond motifs is 5. The average Bonchev–Trinajstić information content (AvgIpc) is 3.02. The Balaban J connectivity index is 1.89. The lowest BCUT2D eigenvalue weighted by molar-refractivity contribution is 0.168. The molecule has 0 saturated carbocycles. The standard InChI is InChI=1S/C18H19N4OP/c24-12-23-10-9-22-18-14-6-2-1-5-13(14)11-19-16-8-4-3-7-15(16)17(18)20-21-22/h1-8,19H,9-12,24H2. The van der Waals surface area contributed by atoms with Gasteiger partial charge in [-0.3, -0.25) is 0 Å². The van der Waals surface area contributed by atoms with Gasteiger partial charge in [-0.05, 0) is 11.6 Å². The van der Waals surface area contributed by atoms with Crippen LogP contribution in [-0.2, 0) is 17.8 Å². The highest BCUT2D eigenvalue weighted by Gasteiger charge is 2.22. The maximum atomic E-state index is 5.47. The third kappa shape index (κ3) is 2.70. The van der Waals surface area contributed by atoms with Crippen LogP contribution < -0.4 is 5.32 Å². The lowest BCUT2D eigenvalue weighted by Crippen LogP contribution is -2.11. The van der Waals surface area contributed by atoms with E-state index in [1.807, 2.05) is 16.8 Å². The van der Waals surface area contributed by atoms with E-state index < -0.39 is 0 Å². The monoisotopic (exact) mass is 338 g/mol. The van der Waals surface area contributed by atoms with Crippen molar-refractivity contribution in [2.75, 3.05) is 18.3 Å². The van der Waals surface area contributed by atoms with Gasteiger partial charge in [0.1, 0.15) is 5.69 Å². The van der Waals surface area contributed by atoms with Gasteiger partial charge in [0.05, 0.1) is 25.2 Å². The van der Waals surface area contributed by atoms with Crippen molar-refractivity contribution >= 4 is 14.9 Å². The smallest absolute Gasteiger partial charge is 0.123 e. The number of para-hydroxylation sites is 1. The molecule has 1 atom stereocenters. The van der Waals surface area contributed by atoms with Gasteiger partial charge in [-0.2, -0.15) is 0 Å². The molecule has 5 nitrogen and oxygen atoms in total. The van der Waals surface area contributed by atoms with Gasteiger partial charge in [0, 0.05) is 23.4 Å². The number of aromatic nitrogens is 3. The van der Waals surface area contributed by atoms with E-state index >= 15 is 0 Å². The molecule has 2 aromatic carbocycles. The number of nitrogens with zero attached hydrogens (tertiary/aromatic N) is 3. The number of hydrogen-bond acceptors (Lipinski definition) is 4. The van der Waals surface area contributed by atoms with E-state index in [-0.39, 0.29) is 0 Å². The van der Waals surface area contributed by atoms with Crippen LogP contribution in [0.2, 0.25) is 0 Å². The summed E-state index contributed by atoms with van der Waals surface area (Å²) in [5.41, 5.74) is 6.55. The molecule has 0 spiro atoms. The van der Waals surface area contributed by atoms with Gasteiger partial charge < -0.3 is 10.1 Å². The molecule has 2 heterocycles. The lowest BCUT2D eigenvalue weighted by Gasteiger charge is -2.19. The van der Waals surface area contributed by atoms with Gasteiger partial charge in [0.15, 0.2) is 0 Å². The molecule has 4 rings (SSSR count). The minimum atomic E-state index is 0.612. The number of rotatable bonds is 4. The fraction of sp³-hybridized carbons (Fsp3) is 0.222. The fourth-order valence-electron chi connectivity index (χ4n) is 3.09. The zero-order valence-corrected chi connectivity index (χ0v) is 14.4. The highest BCUT2D eigenvalue weighted by atomic mass is 31.0. The van der Waals surface area contributed by atoms with Crippen molar-refractivity contribution in [3.8, 4) is 22.5 Å². The molecule has 1 aromatic heterocycles. The van der Waals surface area contributed by atoms with Crippen molar-refractivity contribution in [1.29, 1.82) is 0 Å². The van der Waals surface area contributed by atoms with Gasteiger partial charge in [0.2, 0.25) is 0 Å². The Morgan fingerprint density at radius 1 is 1.08 bits per heavy atom. The summed E-state index contributed by atoms with van der Waals surface area (Å²) in [6.07, 6.45) is 0.625. The fourth-order valence-corrected chi connectivity index (χ4v) is 3.26. The van der Waals surface area contributed by atoms with Gasteiger partial charge in [-0.25, -0.2) is 4.68 Å². The topological polar surface area (TPSA) is 52.0 Å². The maximum Gasteiger partial charge on any atom is 0.123 e. The molecule has 0 radical (unpaired) electrons. The number of nitrogens with one attached hydrogen (secondary N) is 1. The summed E-state index contributed by atoms with van der Waals surface area (Å²) in [7, 11) is 2.57. The van der Waals surface area contributed by atoms with E-state index in [4.69, 9.17) is 4.74 Å². The summed E-state index contributed by atoms with van der Waals surface area (Å²) in [5, 5.41) is 12.4. The van der Waals surface area contributed by atoms with Crippen LogP contribution in [0.1, 0.15) is 5.56 Å². The average molecular weight is 338 g/mol. The first kappa shape index (κ1) is 15.3. The largest absolute Gasteiger partial charge is 0.380 e. The second-order valence-electron chi connectivity index (χ2n) is 5.64. The highest BCUT2D eigenvalue weighted by molar-refractivity contribution is 7.16. The molecule has 3 aromatic rings. The minimum absolute atomic E-state index is 0.612. The molecule has 1 unspecified atom stereocenters. The van der Waals surface area contributed by atoms with E-state index in [9.17, 15) is 0 Å². The molecule has 0 bridgehead atoms. The molecule has 6 heteroatoms. The number of ether oxygens (including phenoxy) is 1. The molecular weight excluding hydrogens is 319 g/mol. The van der Waals surface area contributed by atoms with Gasteiger partial charge in [-0.1, -0.05) is 47.7 Å². The molecule has 122 valence electrons. The summed E-state index contributed by atoms with van der Waals surface area (Å²) in [6.45, 7) is 2.07. The van der Waals surface area contributed by atoms with Gasteiger partial charge >= 0.3 is 0 Å². The number of anilines is 1. The highest BCUT2D eigenvalue weighted by Crippen LogP contribution is 2.38. The van der Waals surface area contributed by atoms with Crippen molar-refractivity contribution < 1.29 is 4.74 Å². The molecule has 0 saturated heterocycles. The summed E-state index contributed by atoms with van der Waals surface area (Å²) in [6, 6.07) is 16.7. The van der Waals surface area contributed by atoms with Crippen molar-refractivity contribution in [3.05, 3.63) is 54.1 Å². The lowest BCUT2D eigenvalue weighted by atomic mass is 9.97. The second kappa shape index (κ2) is 6.71. The van der Waals surface area contributed by atoms with Crippen LogP contribution in [0.25, 0.3) is 22.5 Å². The van der Waals surface area contributed by atoms with Crippen LogP contribution in [0.4, 0.5) is 5.69 Å². The van der Waals surface area contributed by atoms with E-state index in [0.717, 1.165) is 29.2 Å². The van der Waals surface area contributed by atoms with Crippen molar-refractivity contribution in [2.24, 2.45) is 0 Å². The SMILES string of the molecule is PCOCCn1nnc2c1-c1ccccc1CNc1ccccc1-2. The Bertz CT molecular complexity index is 862. The second-order valence-corrected chi connectivity index (χ2v) is 5.97. The molecule has 0 aliphatic carbocycles. The van der Waals surface area contributed by atoms with Crippen LogP contribution in [0, 0.1) is 0 Å². The molecule has 0 amide bonds. The zero-order valence-electron chi connectivity index (χ0n) is 13.3. The quantitative estimate of drug-likeness (QED) is 0.585. The Kier molecular flexibility index (Phi) is 4.28.